The molecular weight excluding hydrogens is 300 g/mol. The number of nitrogens with zero attached hydrogens (tertiary/aromatic N) is 3. The molecule has 1 aromatic rings. The first-order valence-electron chi connectivity index (χ1n) is 7.28. The molecule has 0 aliphatic carbocycles. The van der Waals surface area contributed by atoms with Crippen LogP contribution in [0.15, 0.2) is 12.3 Å². The van der Waals surface area contributed by atoms with Crippen LogP contribution in [0.2, 0.25) is 0 Å². The van der Waals surface area contributed by atoms with Gasteiger partial charge in [0.05, 0.1) is 19.0 Å². The summed E-state index contributed by atoms with van der Waals surface area (Å²) in [5.74, 6) is 0.323. The standard InChI is InChI=1S/C15H22N4O4/c1-15(2,3)23-13(20)17-10-8-11(12(22-5)16-9-10)19-7-6-18(4)14(19)21/h8-9H,6-7H2,1-5H3,(H,17,20). The smallest absolute Gasteiger partial charge is 0.412 e. The number of pyridine rings is 1. The number of carbonyl (C=O) groups excluding carboxylic acids is 2. The molecule has 0 spiro atoms. The molecule has 1 aliphatic heterocycles. The Bertz CT molecular complexity index is 612. The molecule has 1 aliphatic rings. The van der Waals surface area contributed by atoms with Gasteiger partial charge in [-0.3, -0.25) is 10.2 Å². The average Bonchev–Trinajstić information content (AvgIpc) is 2.76. The molecule has 2 rings (SSSR count). The number of anilines is 2. The van der Waals surface area contributed by atoms with Gasteiger partial charge >= 0.3 is 12.1 Å². The van der Waals surface area contributed by atoms with E-state index in [9.17, 15) is 9.59 Å². The van der Waals surface area contributed by atoms with E-state index >= 15 is 0 Å². The first kappa shape index (κ1) is 16.9. The van der Waals surface area contributed by atoms with Crippen molar-refractivity contribution >= 4 is 23.5 Å². The Labute approximate surface area is 135 Å². The van der Waals surface area contributed by atoms with Crippen LogP contribution in [0, 0.1) is 0 Å². The highest BCUT2D eigenvalue weighted by atomic mass is 16.6. The van der Waals surface area contributed by atoms with E-state index in [0.717, 1.165) is 0 Å². The van der Waals surface area contributed by atoms with E-state index in [-0.39, 0.29) is 6.03 Å². The van der Waals surface area contributed by atoms with Crippen LogP contribution in [0.25, 0.3) is 0 Å². The minimum Gasteiger partial charge on any atom is -0.480 e. The second-order valence-electron chi connectivity index (χ2n) is 6.24. The van der Waals surface area contributed by atoms with Crippen molar-refractivity contribution in [2.75, 3.05) is 37.5 Å². The van der Waals surface area contributed by atoms with Gasteiger partial charge in [0.15, 0.2) is 0 Å². The van der Waals surface area contributed by atoms with Crippen molar-refractivity contribution in [3.63, 3.8) is 0 Å². The summed E-state index contributed by atoms with van der Waals surface area (Å²) in [6.45, 7) is 6.49. The van der Waals surface area contributed by atoms with Gasteiger partial charge in [-0.15, -0.1) is 0 Å². The second-order valence-corrected chi connectivity index (χ2v) is 6.24. The fourth-order valence-electron chi connectivity index (χ4n) is 2.15. The van der Waals surface area contributed by atoms with Crippen molar-refractivity contribution in [2.45, 2.75) is 26.4 Å². The third kappa shape index (κ3) is 4.02. The summed E-state index contributed by atoms with van der Waals surface area (Å²) in [7, 11) is 3.21. The van der Waals surface area contributed by atoms with Crippen molar-refractivity contribution in [3.8, 4) is 5.88 Å². The van der Waals surface area contributed by atoms with E-state index in [4.69, 9.17) is 9.47 Å². The maximum Gasteiger partial charge on any atom is 0.412 e. The molecule has 0 bridgehead atoms. The van der Waals surface area contributed by atoms with Crippen LogP contribution in [0.4, 0.5) is 21.0 Å². The van der Waals surface area contributed by atoms with Gasteiger partial charge in [-0.05, 0) is 26.8 Å². The van der Waals surface area contributed by atoms with E-state index in [1.54, 1.807) is 43.7 Å². The summed E-state index contributed by atoms with van der Waals surface area (Å²) < 4.78 is 10.4. The van der Waals surface area contributed by atoms with E-state index in [0.29, 0.717) is 30.3 Å². The summed E-state index contributed by atoms with van der Waals surface area (Å²) >= 11 is 0. The lowest BCUT2D eigenvalue weighted by Gasteiger charge is -2.21. The van der Waals surface area contributed by atoms with Crippen molar-refractivity contribution in [2.24, 2.45) is 0 Å². The maximum absolute atomic E-state index is 12.2. The highest BCUT2D eigenvalue weighted by Gasteiger charge is 2.29. The molecule has 8 heteroatoms. The van der Waals surface area contributed by atoms with Gasteiger partial charge in [0.25, 0.3) is 0 Å². The Morgan fingerprint density at radius 3 is 2.57 bits per heavy atom. The highest BCUT2D eigenvalue weighted by molar-refractivity contribution is 5.96. The summed E-state index contributed by atoms with van der Waals surface area (Å²) in [6.07, 6.45) is 0.872. The summed E-state index contributed by atoms with van der Waals surface area (Å²) in [5, 5.41) is 2.61. The molecule has 2 heterocycles. The number of methoxy groups -OCH3 is 1. The Balaban J connectivity index is 2.22. The zero-order valence-corrected chi connectivity index (χ0v) is 14.0. The van der Waals surface area contributed by atoms with Gasteiger partial charge in [-0.2, -0.15) is 0 Å². The summed E-state index contributed by atoms with van der Waals surface area (Å²) in [6, 6.07) is 1.51. The van der Waals surface area contributed by atoms with Gasteiger partial charge < -0.3 is 14.4 Å². The van der Waals surface area contributed by atoms with Crippen molar-refractivity contribution in [3.05, 3.63) is 12.3 Å². The number of aromatic nitrogens is 1. The Hall–Kier alpha value is -2.51. The van der Waals surface area contributed by atoms with Crippen LogP contribution in [0.5, 0.6) is 5.88 Å². The van der Waals surface area contributed by atoms with Gasteiger partial charge in [-0.1, -0.05) is 0 Å². The Morgan fingerprint density at radius 2 is 2.04 bits per heavy atom. The predicted octanol–water partition coefficient (Wildman–Crippen LogP) is 2.31. The van der Waals surface area contributed by atoms with Crippen LogP contribution in [0.3, 0.4) is 0 Å². The van der Waals surface area contributed by atoms with Crippen LogP contribution < -0.4 is 15.0 Å². The van der Waals surface area contributed by atoms with Crippen LogP contribution in [-0.2, 0) is 4.74 Å². The summed E-state index contributed by atoms with van der Waals surface area (Å²) in [4.78, 5) is 31.3. The number of likely N-dealkylation sites (N-methyl/N-ethyl adjacent to an activating group) is 1. The van der Waals surface area contributed by atoms with Gasteiger partial charge in [-0.25, -0.2) is 14.6 Å². The lowest BCUT2D eigenvalue weighted by molar-refractivity contribution is 0.0636. The number of ether oxygens (including phenoxy) is 2. The number of hydrogen-bond acceptors (Lipinski definition) is 5. The molecule has 0 saturated carbocycles. The van der Waals surface area contributed by atoms with Crippen molar-refractivity contribution in [1.29, 1.82) is 0 Å². The van der Waals surface area contributed by atoms with Gasteiger partial charge in [0, 0.05) is 20.1 Å². The van der Waals surface area contributed by atoms with Gasteiger partial charge in [0.1, 0.15) is 11.3 Å². The molecule has 1 aromatic heterocycles. The maximum atomic E-state index is 12.2. The fourth-order valence-corrected chi connectivity index (χ4v) is 2.15. The normalized spacial score (nSPS) is 14.9. The minimum absolute atomic E-state index is 0.139. The third-order valence-corrected chi connectivity index (χ3v) is 3.18. The van der Waals surface area contributed by atoms with E-state index < -0.39 is 11.7 Å². The molecule has 3 amide bonds. The van der Waals surface area contributed by atoms with E-state index in [1.807, 2.05) is 0 Å². The molecule has 23 heavy (non-hydrogen) atoms. The number of amides is 3. The van der Waals surface area contributed by atoms with Crippen LogP contribution in [-0.4, -0.2) is 54.9 Å². The molecular formula is C15H22N4O4. The molecule has 0 radical (unpaired) electrons. The zero-order valence-electron chi connectivity index (χ0n) is 14.0. The molecule has 0 unspecified atom stereocenters. The molecule has 1 N–H and O–H groups in total. The lowest BCUT2D eigenvalue weighted by Crippen LogP contribution is -2.30. The monoisotopic (exact) mass is 322 g/mol. The Kier molecular flexibility index (Phi) is 4.63. The highest BCUT2D eigenvalue weighted by Crippen LogP contribution is 2.31. The first-order valence-corrected chi connectivity index (χ1v) is 7.28. The number of rotatable bonds is 3. The van der Waals surface area contributed by atoms with Crippen molar-refractivity contribution in [1.82, 2.24) is 9.88 Å². The predicted molar refractivity (Wildman–Crippen MR) is 86.0 cm³/mol. The zero-order chi connectivity index (χ0) is 17.2. The number of nitrogens with one attached hydrogen (secondary N) is 1. The number of hydrogen-bond donors (Lipinski definition) is 1. The molecule has 1 fully saturated rings. The molecule has 1 saturated heterocycles. The number of urea groups is 1. The van der Waals surface area contributed by atoms with Gasteiger partial charge in [0.2, 0.25) is 5.88 Å². The minimum atomic E-state index is -0.597. The average molecular weight is 322 g/mol. The Morgan fingerprint density at radius 1 is 1.35 bits per heavy atom. The quantitative estimate of drug-likeness (QED) is 0.923. The second kappa shape index (κ2) is 6.31. The summed E-state index contributed by atoms with van der Waals surface area (Å²) in [5.41, 5.74) is 0.341. The van der Waals surface area contributed by atoms with Crippen molar-refractivity contribution < 1.29 is 19.1 Å². The van der Waals surface area contributed by atoms with Crippen LogP contribution >= 0.6 is 0 Å². The van der Waals surface area contributed by atoms with E-state index in [2.05, 4.69) is 10.3 Å². The third-order valence-electron chi connectivity index (χ3n) is 3.18. The first-order chi connectivity index (χ1) is 10.7. The van der Waals surface area contributed by atoms with E-state index in [1.165, 1.54) is 13.3 Å². The van der Waals surface area contributed by atoms with Crippen LogP contribution in [0.1, 0.15) is 20.8 Å². The fraction of sp³-hybridized carbons (Fsp3) is 0.533. The number of carbonyl (C=O) groups is 2. The lowest BCUT2D eigenvalue weighted by atomic mass is 10.2. The molecule has 126 valence electrons. The SMILES string of the molecule is COc1ncc(NC(=O)OC(C)(C)C)cc1N1CCN(C)C1=O. The molecule has 0 atom stereocenters. The topological polar surface area (TPSA) is 84.0 Å². The molecule has 8 nitrogen and oxygen atoms in total. The molecule has 0 aromatic carbocycles. The largest absolute Gasteiger partial charge is 0.480 e.